The molecule has 142 valence electrons. The zero-order chi connectivity index (χ0) is 18.1. The second-order valence-corrected chi connectivity index (χ2v) is 6.69. The topological polar surface area (TPSA) is 65.4 Å². The van der Waals surface area contributed by atoms with Gasteiger partial charge in [-0.1, -0.05) is 6.07 Å². The molecule has 6 nitrogen and oxygen atoms in total. The monoisotopic (exact) mass is 352 g/mol. The largest absolute Gasteiger partial charge is 0.491 e. The Balaban J connectivity index is 1.53. The number of aliphatic hydroxyl groups is 2. The van der Waals surface area contributed by atoms with Gasteiger partial charge >= 0.3 is 0 Å². The molecule has 6 heteroatoms. The van der Waals surface area contributed by atoms with Gasteiger partial charge in [0, 0.05) is 39.3 Å². The van der Waals surface area contributed by atoms with Crippen LogP contribution in [0.3, 0.4) is 0 Å². The molecule has 0 aliphatic carbocycles. The molecule has 1 fully saturated rings. The van der Waals surface area contributed by atoms with Gasteiger partial charge in [-0.05, 0) is 37.1 Å². The van der Waals surface area contributed by atoms with Gasteiger partial charge in [-0.2, -0.15) is 0 Å². The van der Waals surface area contributed by atoms with E-state index in [9.17, 15) is 5.11 Å². The number of aryl methyl sites for hydroxylation is 2. The maximum atomic E-state index is 10.1. The van der Waals surface area contributed by atoms with Crippen molar-refractivity contribution in [2.45, 2.75) is 20.0 Å². The predicted molar refractivity (Wildman–Crippen MR) is 98.2 cm³/mol. The van der Waals surface area contributed by atoms with Gasteiger partial charge in [0.05, 0.1) is 25.9 Å². The van der Waals surface area contributed by atoms with Gasteiger partial charge in [0.25, 0.3) is 0 Å². The first-order valence-electron chi connectivity index (χ1n) is 9.10. The lowest BCUT2D eigenvalue weighted by Gasteiger charge is -2.35. The molecule has 0 spiro atoms. The second-order valence-electron chi connectivity index (χ2n) is 6.69. The molecule has 0 radical (unpaired) electrons. The van der Waals surface area contributed by atoms with E-state index < -0.39 is 6.10 Å². The van der Waals surface area contributed by atoms with Gasteiger partial charge in [-0.15, -0.1) is 0 Å². The molecule has 2 N–H and O–H groups in total. The summed E-state index contributed by atoms with van der Waals surface area (Å²) < 4.78 is 11.2. The number of β-amino-alcohol motifs (C(OH)–C–C–N with tert-alkyl or cyclic N) is 2. The molecule has 1 aromatic rings. The molecule has 1 atom stereocenters. The van der Waals surface area contributed by atoms with Crippen molar-refractivity contribution in [3.05, 3.63) is 29.3 Å². The zero-order valence-corrected chi connectivity index (χ0v) is 15.5. The standard InChI is InChI=1S/C19H32N2O4/c1-16-3-4-19(13-17(16)2)25-12-11-24-15-18(23)14-21-7-5-20(6-8-21)9-10-22/h3-4,13,18,22-23H,5-12,14-15H2,1-2H3/t18-/m1/s1. The zero-order valence-electron chi connectivity index (χ0n) is 15.5. The number of rotatable bonds is 10. The third-order valence-electron chi connectivity index (χ3n) is 4.64. The Morgan fingerprint density at radius 3 is 2.44 bits per heavy atom. The first kappa shape index (κ1) is 20.1. The van der Waals surface area contributed by atoms with E-state index in [4.69, 9.17) is 14.6 Å². The summed E-state index contributed by atoms with van der Waals surface area (Å²) in [7, 11) is 0. The highest BCUT2D eigenvalue weighted by Crippen LogP contribution is 2.16. The summed E-state index contributed by atoms with van der Waals surface area (Å²) in [6.45, 7) is 10.7. The molecule has 0 saturated carbocycles. The second kappa shape index (κ2) is 10.7. The van der Waals surface area contributed by atoms with E-state index in [-0.39, 0.29) is 6.61 Å². The number of benzene rings is 1. The molecule has 1 aromatic carbocycles. The minimum atomic E-state index is -0.481. The van der Waals surface area contributed by atoms with E-state index in [1.807, 2.05) is 12.1 Å². The lowest BCUT2D eigenvalue weighted by Crippen LogP contribution is -2.49. The number of ether oxygens (including phenoxy) is 2. The molecule has 1 saturated heterocycles. The van der Waals surface area contributed by atoms with Crippen LogP contribution in [0.4, 0.5) is 0 Å². The molecule has 1 aliphatic heterocycles. The maximum Gasteiger partial charge on any atom is 0.119 e. The van der Waals surface area contributed by atoms with Gasteiger partial charge in [0.2, 0.25) is 0 Å². The number of aliphatic hydroxyl groups excluding tert-OH is 2. The average molecular weight is 352 g/mol. The van der Waals surface area contributed by atoms with Crippen molar-refractivity contribution >= 4 is 0 Å². The number of hydrogen-bond acceptors (Lipinski definition) is 6. The van der Waals surface area contributed by atoms with Gasteiger partial charge in [0.1, 0.15) is 12.4 Å². The van der Waals surface area contributed by atoms with E-state index in [1.54, 1.807) is 0 Å². The molecule has 0 aromatic heterocycles. The smallest absolute Gasteiger partial charge is 0.119 e. The van der Waals surface area contributed by atoms with Crippen molar-refractivity contribution in [3.8, 4) is 5.75 Å². The lowest BCUT2D eigenvalue weighted by atomic mass is 10.1. The summed E-state index contributed by atoms with van der Waals surface area (Å²) in [5.74, 6) is 0.855. The summed E-state index contributed by atoms with van der Waals surface area (Å²) in [6.07, 6.45) is -0.481. The normalized spacial score (nSPS) is 17.6. The quantitative estimate of drug-likeness (QED) is 0.604. The fourth-order valence-electron chi connectivity index (χ4n) is 2.93. The third kappa shape index (κ3) is 7.30. The van der Waals surface area contributed by atoms with Crippen LogP contribution < -0.4 is 4.74 Å². The lowest BCUT2D eigenvalue weighted by molar-refractivity contribution is -0.000766. The van der Waals surface area contributed by atoms with Crippen molar-refractivity contribution in [1.82, 2.24) is 9.80 Å². The Hall–Kier alpha value is -1.18. The first-order valence-corrected chi connectivity index (χ1v) is 9.10. The highest BCUT2D eigenvalue weighted by Gasteiger charge is 2.18. The summed E-state index contributed by atoms with van der Waals surface area (Å²) in [5.41, 5.74) is 2.47. The first-order chi connectivity index (χ1) is 12.1. The molecule has 1 heterocycles. The van der Waals surface area contributed by atoms with Crippen molar-refractivity contribution in [1.29, 1.82) is 0 Å². The van der Waals surface area contributed by atoms with Crippen LogP contribution in [0.15, 0.2) is 18.2 Å². The Kier molecular flexibility index (Phi) is 8.64. The summed E-state index contributed by atoms with van der Waals surface area (Å²) in [4.78, 5) is 4.48. The number of nitrogens with zero attached hydrogens (tertiary/aromatic N) is 2. The van der Waals surface area contributed by atoms with Crippen molar-refractivity contribution in [2.75, 3.05) is 65.7 Å². The summed E-state index contributed by atoms with van der Waals surface area (Å²) in [5, 5.41) is 19.0. The molecular weight excluding hydrogens is 320 g/mol. The fourth-order valence-corrected chi connectivity index (χ4v) is 2.93. The van der Waals surface area contributed by atoms with Crippen LogP contribution in [-0.4, -0.2) is 91.8 Å². The molecule has 0 bridgehead atoms. The van der Waals surface area contributed by atoms with E-state index >= 15 is 0 Å². The minimum absolute atomic E-state index is 0.209. The Bertz CT molecular complexity index is 504. The van der Waals surface area contributed by atoms with Crippen molar-refractivity contribution < 1.29 is 19.7 Å². The summed E-state index contributed by atoms with van der Waals surface area (Å²) >= 11 is 0. The highest BCUT2D eigenvalue weighted by molar-refractivity contribution is 5.33. The fraction of sp³-hybridized carbons (Fsp3) is 0.684. The van der Waals surface area contributed by atoms with Crippen LogP contribution in [0, 0.1) is 13.8 Å². The van der Waals surface area contributed by atoms with Gasteiger partial charge < -0.3 is 19.7 Å². The van der Waals surface area contributed by atoms with E-state index in [1.165, 1.54) is 11.1 Å². The maximum absolute atomic E-state index is 10.1. The highest BCUT2D eigenvalue weighted by atomic mass is 16.5. The van der Waals surface area contributed by atoms with E-state index in [0.717, 1.165) is 38.5 Å². The summed E-state index contributed by atoms with van der Waals surface area (Å²) in [6, 6.07) is 6.05. The molecular formula is C19H32N2O4. The van der Waals surface area contributed by atoms with Crippen LogP contribution in [0.5, 0.6) is 5.75 Å². The Morgan fingerprint density at radius 2 is 1.76 bits per heavy atom. The molecule has 0 amide bonds. The van der Waals surface area contributed by atoms with Gasteiger partial charge in [-0.25, -0.2) is 0 Å². The molecule has 1 aliphatic rings. The molecule has 0 unspecified atom stereocenters. The molecule has 2 rings (SSSR count). The van der Waals surface area contributed by atoms with E-state index in [0.29, 0.717) is 26.4 Å². The van der Waals surface area contributed by atoms with Crippen molar-refractivity contribution in [3.63, 3.8) is 0 Å². The van der Waals surface area contributed by atoms with Crippen molar-refractivity contribution in [2.24, 2.45) is 0 Å². The van der Waals surface area contributed by atoms with Gasteiger partial charge in [0.15, 0.2) is 0 Å². The SMILES string of the molecule is Cc1ccc(OCCOC[C@H](O)CN2CCN(CCO)CC2)cc1C. The van der Waals surface area contributed by atoms with Crippen LogP contribution in [-0.2, 0) is 4.74 Å². The van der Waals surface area contributed by atoms with Crippen LogP contribution in [0.25, 0.3) is 0 Å². The van der Waals surface area contributed by atoms with Gasteiger partial charge in [-0.3, -0.25) is 9.80 Å². The average Bonchev–Trinajstić information content (AvgIpc) is 2.60. The third-order valence-corrected chi connectivity index (χ3v) is 4.64. The number of piperazine rings is 1. The Labute approximate surface area is 151 Å². The molecule has 25 heavy (non-hydrogen) atoms. The Morgan fingerprint density at radius 1 is 1.04 bits per heavy atom. The van der Waals surface area contributed by atoms with E-state index in [2.05, 4.69) is 29.7 Å². The van der Waals surface area contributed by atoms with Crippen LogP contribution >= 0.6 is 0 Å². The number of hydrogen-bond donors (Lipinski definition) is 2. The minimum Gasteiger partial charge on any atom is -0.491 e. The van der Waals surface area contributed by atoms with Crippen LogP contribution in [0.2, 0.25) is 0 Å². The predicted octanol–water partition coefficient (Wildman–Crippen LogP) is 0.670. The van der Waals surface area contributed by atoms with Crippen LogP contribution in [0.1, 0.15) is 11.1 Å².